The highest BCUT2D eigenvalue weighted by Crippen LogP contribution is 2.43. The predicted molar refractivity (Wildman–Crippen MR) is 90.1 cm³/mol. The second kappa shape index (κ2) is 5.53. The van der Waals surface area contributed by atoms with Gasteiger partial charge in [-0.25, -0.2) is 0 Å². The number of pyridine rings is 1. The van der Waals surface area contributed by atoms with Crippen LogP contribution in [0.15, 0.2) is 36.5 Å². The Balaban J connectivity index is 1.63. The van der Waals surface area contributed by atoms with E-state index in [2.05, 4.69) is 23.2 Å². The quantitative estimate of drug-likeness (QED) is 0.869. The SMILES string of the molecule is COc1ccc(-c2ccc(C34CCN(CC3)C4)cn2)cc1OC. The van der Waals surface area contributed by atoms with Gasteiger partial charge < -0.3 is 14.4 Å². The van der Waals surface area contributed by atoms with Crippen LogP contribution in [-0.4, -0.2) is 43.7 Å². The van der Waals surface area contributed by atoms with Crippen LogP contribution in [-0.2, 0) is 5.41 Å². The molecule has 2 aliphatic heterocycles. The Morgan fingerprint density at radius 3 is 2.35 bits per heavy atom. The molecule has 0 saturated carbocycles. The summed E-state index contributed by atoms with van der Waals surface area (Å²) in [5, 5.41) is 0. The van der Waals surface area contributed by atoms with E-state index in [-0.39, 0.29) is 0 Å². The van der Waals surface area contributed by atoms with E-state index in [0.29, 0.717) is 5.41 Å². The summed E-state index contributed by atoms with van der Waals surface area (Å²) in [5.74, 6) is 1.47. The van der Waals surface area contributed by atoms with E-state index < -0.39 is 0 Å². The van der Waals surface area contributed by atoms with Gasteiger partial charge in [0.15, 0.2) is 11.5 Å². The van der Waals surface area contributed by atoms with Gasteiger partial charge in [0.05, 0.1) is 19.9 Å². The number of nitrogens with zero attached hydrogens (tertiary/aromatic N) is 2. The maximum atomic E-state index is 5.38. The standard InChI is InChI=1S/C19H22N2O2/c1-22-17-6-3-14(11-18(17)23-2)16-5-4-15(12-20-16)19-7-9-21(13-19)10-8-19/h3-6,11-12H,7-10,13H2,1-2H3. The topological polar surface area (TPSA) is 34.6 Å². The molecule has 0 unspecified atom stereocenters. The van der Waals surface area contributed by atoms with Gasteiger partial charge in [-0.05, 0) is 55.8 Å². The molecular weight excluding hydrogens is 288 g/mol. The fourth-order valence-electron chi connectivity index (χ4n) is 3.98. The van der Waals surface area contributed by atoms with Crippen LogP contribution in [0.4, 0.5) is 0 Å². The third-order valence-corrected chi connectivity index (χ3v) is 5.39. The van der Waals surface area contributed by atoms with Crippen molar-refractivity contribution in [3.63, 3.8) is 0 Å². The third-order valence-electron chi connectivity index (χ3n) is 5.39. The molecule has 4 heteroatoms. The largest absolute Gasteiger partial charge is 0.493 e. The summed E-state index contributed by atoms with van der Waals surface area (Å²) < 4.78 is 10.7. The van der Waals surface area contributed by atoms with Crippen LogP contribution in [0.1, 0.15) is 18.4 Å². The summed E-state index contributed by atoms with van der Waals surface area (Å²) in [6, 6.07) is 10.3. The number of hydrogen-bond acceptors (Lipinski definition) is 4. The van der Waals surface area contributed by atoms with E-state index in [9.17, 15) is 0 Å². The zero-order valence-electron chi connectivity index (χ0n) is 13.7. The molecule has 0 aliphatic carbocycles. The van der Waals surface area contributed by atoms with E-state index in [1.54, 1.807) is 14.2 Å². The molecule has 0 atom stereocenters. The molecule has 23 heavy (non-hydrogen) atoms. The van der Waals surface area contributed by atoms with Crippen LogP contribution in [0.5, 0.6) is 11.5 Å². The van der Waals surface area contributed by atoms with Gasteiger partial charge >= 0.3 is 0 Å². The first kappa shape index (κ1) is 14.5. The number of piperidine rings is 1. The zero-order chi connectivity index (χ0) is 15.9. The molecule has 0 radical (unpaired) electrons. The molecule has 0 spiro atoms. The fraction of sp³-hybridized carbons (Fsp3) is 0.421. The minimum atomic E-state index is 0.350. The first-order chi connectivity index (χ1) is 11.2. The highest BCUT2D eigenvalue weighted by molar-refractivity contribution is 5.64. The minimum Gasteiger partial charge on any atom is -0.493 e. The van der Waals surface area contributed by atoms with Gasteiger partial charge in [-0.2, -0.15) is 0 Å². The van der Waals surface area contributed by atoms with Crippen LogP contribution in [0.25, 0.3) is 11.3 Å². The van der Waals surface area contributed by atoms with E-state index in [1.165, 1.54) is 38.0 Å². The van der Waals surface area contributed by atoms with Crippen molar-refractivity contribution in [3.05, 3.63) is 42.1 Å². The summed E-state index contributed by atoms with van der Waals surface area (Å²) in [4.78, 5) is 7.28. The van der Waals surface area contributed by atoms with Gasteiger partial charge in [-0.3, -0.25) is 4.98 Å². The summed E-state index contributed by atoms with van der Waals surface area (Å²) in [6.45, 7) is 3.67. The lowest BCUT2D eigenvalue weighted by molar-refractivity contribution is 0.355. The molecule has 0 N–H and O–H groups in total. The molecule has 2 aromatic rings. The summed E-state index contributed by atoms with van der Waals surface area (Å²) >= 11 is 0. The normalized spacial score (nSPS) is 25.6. The van der Waals surface area contributed by atoms with E-state index in [1.807, 2.05) is 18.2 Å². The zero-order valence-corrected chi connectivity index (χ0v) is 13.7. The number of aromatic nitrogens is 1. The molecule has 1 aromatic carbocycles. The van der Waals surface area contributed by atoms with Crippen LogP contribution in [0.3, 0.4) is 0 Å². The van der Waals surface area contributed by atoms with Gasteiger partial charge in [0.2, 0.25) is 0 Å². The molecular formula is C19H22N2O2. The van der Waals surface area contributed by atoms with Crippen LogP contribution in [0.2, 0.25) is 0 Å². The Morgan fingerprint density at radius 1 is 1.00 bits per heavy atom. The number of rotatable bonds is 4. The number of methoxy groups -OCH3 is 2. The van der Waals surface area contributed by atoms with Gasteiger partial charge in [0.25, 0.3) is 0 Å². The molecule has 2 bridgehead atoms. The second-order valence-electron chi connectivity index (χ2n) is 6.56. The molecule has 120 valence electrons. The monoisotopic (exact) mass is 310 g/mol. The maximum Gasteiger partial charge on any atom is 0.161 e. The molecule has 2 saturated heterocycles. The first-order valence-corrected chi connectivity index (χ1v) is 8.15. The minimum absolute atomic E-state index is 0.350. The van der Waals surface area contributed by atoms with Crippen molar-refractivity contribution in [1.29, 1.82) is 0 Å². The molecule has 1 aromatic heterocycles. The number of fused-ring (bicyclic) bond motifs is 2. The summed E-state index contributed by atoms with van der Waals surface area (Å²) in [6.07, 6.45) is 4.61. The Hall–Kier alpha value is -2.07. The highest BCUT2D eigenvalue weighted by atomic mass is 16.5. The maximum absolute atomic E-state index is 5.38. The van der Waals surface area contributed by atoms with Crippen LogP contribution in [0, 0.1) is 0 Å². The van der Waals surface area contributed by atoms with Gasteiger partial charge in [-0.1, -0.05) is 6.07 Å². The lowest BCUT2D eigenvalue weighted by atomic mass is 9.78. The Bertz CT molecular complexity index is 704. The van der Waals surface area contributed by atoms with Gasteiger partial charge in [0.1, 0.15) is 0 Å². The Labute approximate surface area is 137 Å². The average molecular weight is 310 g/mol. The first-order valence-electron chi connectivity index (χ1n) is 8.15. The van der Waals surface area contributed by atoms with Crippen molar-refractivity contribution in [3.8, 4) is 22.8 Å². The fourth-order valence-corrected chi connectivity index (χ4v) is 3.98. The molecule has 4 nitrogen and oxygen atoms in total. The number of hydrogen-bond donors (Lipinski definition) is 0. The van der Waals surface area contributed by atoms with Gasteiger partial charge in [-0.15, -0.1) is 0 Å². The number of benzene rings is 1. The van der Waals surface area contributed by atoms with Crippen LogP contribution >= 0.6 is 0 Å². The lowest BCUT2D eigenvalue weighted by Crippen LogP contribution is -2.24. The van der Waals surface area contributed by atoms with E-state index in [4.69, 9.17) is 14.5 Å². The van der Waals surface area contributed by atoms with Crippen molar-refractivity contribution in [2.45, 2.75) is 18.3 Å². The van der Waals surface area contributed by atoms with E-state index in [0.717, 1.165) is 22.8 Å². The van der Waals surface area contributed by atoms with Crippen molar-refractivity contribution in [1.82, 2.24) is 9.88 Å². The van der Waals surface area contributed by atoms with Crippen molar-refractivity contribution in [2.24, 2.45) is 0 Å². The average Bonchev–Trinajstić information content (AvgIpc) is 3.23. The third kappa shape index (κ3) is 2.38. The predicted octanol–water partition coefficient (Wildman–Crippen LogP) is 3.11. The van der Waals surface area contributed by atoms with Crippen molar-refractivity contribution >= 4 is 0 Å². The smallest absolute Gasteiger partial charge is 0.161 e. The lowest BCUT2D eigenvalue weighted by Gasteiger charge is -2.25. The summed E-state index contributed by atoms with van der Waals surface area (Å²) in [5.41, 5.74) is 3.76. The van der Waals surface area contributed by atoms with Crippen molar-refractivity contribution in [2.75, 3.05) is 33.9 Å². The number of ether oxygens (including phenoxy) is 2. The molecule has 0 amide bonds. The highest BCUT2D eigenvalue weighted by Gasteiger charge is 2.44. The van der Waals surface area contributed by atoms with Crippen molar-refractivity contribution < 1.29 is 9.47 Å². The second-order valence-corrected chi connectivity index (χ2v) is 6.56. The molecule has 3 heterocycles. The van der Waals surface area contributed by atoms with Gasteiger partial charge in [0, 0.05) is 23.7 Å². The van der Waals surface area contributed by atoms with Crippen LogP contribution < -0.4 is 9.47 Å². The summed E-state index contributed by atoms with van der Waals surface area (Å²) in [7, 11) is 3.31. The molecule has 2 fully saturated rings. The van der Waals surface area contributed by atoms with E-state index >= 15 is 0 Å². The Morgan fingerprint density at radius 2 is 1.78 bits per heavy atom. The molecule has 4 rings (SSSR count). The Kier molecular flexibility index (Phi) is 3.49. The molecule has 2 aliphatic rings.